The van der Waals surface area contributed by atoms with E-state index in [1.165, 1.54) is 31.4 Å². The summed E-state index contributed by atoms with van der Waals surface area (Å²) in [5.74, 6) is 0.0450. The van der Waals surface area contributed by atoms with Gasteiger partial charge in [0, 0.05) is 6.42 Å². The quantitative estimate of drug-likeness (QED) is 0.805. The highest BCUT2D eigenvalue weighted by Crippen LogP contribution is 2.31. The van der Waals surface area contributed by atoms with Crippen molar-refractivity contribution in [2.75, 3.05) is 5.32 Å². The average Bonchev–Trinajstić information content (AvgIpc) is 2.38. The van der Waals surface area contributed by atoms with Gasteiger partial charge in [0.25, 0.3) is 0 Å². The van der Waals surface area contributed by atoms with Gasteiger partial charge in [-0.05, 0) is 44.4 Å². The van der Waals surface area contributed by atoms with Crippen molar-refractivity contribution in [3.05, 3.63) is 23.8 Å². The molecule has 0 bridgehead atoms. The lowest BCUT2D eigenvalue weighted by Gasteiger charge is -2.24. The van der Waals surface area contributed by atoms with Crippen molar-refractivity contribution in [3.8, 4) is 5.75 Å². The molecular formula is C17H23NO4. The monoisotopic (exact) mass is 305 g/mol. The molecule has 1 fully saturated rings. The van der Waals surface area contributed by atoms with Crippen LogP contribution < -0.4 is 10.1 Å². The number of nitrogens with one attached hydrogen (secondary N) is 1. The largest absolute Gasteiger partial charge is 0.489 e. The summed E-state index contributed by atoms with van der Waals surface area (Å²) in [5, 5.41) is 11.9. The summed E-state index contributed by atoms with van der Waals surface area (Å²) >= 11 is 0. The number of anilines is 1. The van der Waals surface area contributed by atoms with Crippen LogP contribution in [0.3, 0.4) is 0 Å². The zero-order valence-electron chi connectivity index (χ0n) is 13.1. The fourth-order valence-corrected chi connectivity index (χ4v) is 2.45. The molecule has 0 aromatic heterocycles. The fraction of sp³-hybridized carbons (Fsp3) is 0.529. The molecule has 1 saturated carbocycles. The predicted molar refractivity (Wildman–Crippen MR) is 84.4 cm³/mol. The zero-order valence-corrected chi connectivity index (χ0v) is 13.1. The number of carbonyl (C=O) groups is 2. The molecule has 5 heteroatoms. The first-order chi connectivity index (χ1) is 10.5. The van der Waals surface area contributed by atoms with Crippen LogP contribution in [0.25, 0.3) is 0 Å². The van der Waals surface area contributed by atoms with E-state index in [4.69, 9.17) is 9.84 Å². The number of benzene rings is 1. The second-order valence-corrected chi connectivity index (χ2v) is 6.07. The Bertz CT molecular complexity index is 550. The van der Waals surface area contributed by atoms with Gasteiger partial charge in [-0.25, -0.2) is 4.79 Å². The van der Waals surface area contributed by atoms with Crippen LogP contribution in [0, 0.1) is 5.92 Å². The number of carboxylic acid groups (broad SMARTS) is 1. The molecule has 0 spiro atoms. The van der Waals surface area contributed by atoms with Crippen LogP contribution in [0.5, 0.6) is 5.75 Å². The average molecular weight is 305 g/mol. The van der Waals surface area contributed by atoms with Gasteiger partial charge in [0.05, 0.1) is 17.4 Å². The van der Waals surface area contributed by atoms with Crippen molar-refractivity contribution < 1.29 is 19.4 Å². The Balaban J connectivity index is 2.05. The highest BCUT2D eigenvalue weighted by molar-refractivity contribution is 5.95. The number of hydrogen-bond donors (Lipinski definition) is 2. The summed E-state index contributed by atoms with van der Waals surface area (Å²) in [6, 6.07) is 4.51. The third-order valence-electron chi connectivity index (χ3n) is 3.87. The molecule has 0 radical (unpaired) electrons. The van der Waals surface area contributed by atoms with Gasteiger partial charge in [-0.2, -0.15) is 0 Å². The minimum Gasteiger partial charge on any atom is -0.489 e. The molecule has 1 aromatic carbocycles. The number of amides is 1. The second-order valence-electron chi connectivity index (χ2n) is 6.07. The molecular weight excluding hydrogens is 282 g/mol. The minimum atomic E-state index is -1.03. The number of rotatable bonds is 7. The van der Waals surface area contributed by atoms with E-state index in [0.29, 0.717) is 23.8 Å². The van der Waals surface area contributed by atoms with Gasteiger partial charge in [-0.1, -0.05) is 19.3 Å². The van der Waals surface area contributed by atoms with Crippen LogP contribution in [-0.4, -0.2) is 23.1 Å². The summed E-state index contributed by atoms with van der Waals surface area (Å²) < 4.78 is 5.63. The van der Waals surface area contributed by atoms with Crippen molar-refractivity contribution in [1.82, 2.24) is 0 Å². The number of hydrogen-bond acceptors (Lipinski definition) is 3. The predicted octanol–water partition coefficient (Wildman–Crippen LogP) is 3.69. The SMILES string of the molecule is CC(C)Oc1ccc(C(=O)O)cc1NC(=O)CCC1CCC1. The molecule has 120 valence electrons. The summed E-state index contributed by atoms with van der Waals surface area (Å²) in [5.41, 5.74) is 0.553. The molecule has 1 amide bonds. The summed E-state index contributed by atoms with van der Waals surface area (Å²) in [6.45, 7) is 3.76. The third kappa shape index (κ3) is 4.48. The van der Waals surface area contributed by atoms with Crippen molar-refractivity contribution in [2.24, 2.45) is 5.92 Å². The maximum Gasteiger partial charge on any atom is 0.335 e. The first kappa shape index (κ1) is 16.3. The Morgan fingerprint density at radius 3 is 2.64 bits per heavy atom. The molecule has 22 heavy (non-hydrogen) atoms. The normalized spacial score (nSPS) is 14.5. The maximum atomic E-state index is 12.1. The van der Waals surface area contributed by atoms with Crippen molar-refractivity contribution >= 4 is 17.6 Å². The van der Waals surface area contributed by atoms with Crippen LogP contribution in [-0.2, 0) is 4.79 Å². The van der Waals surface area contributed by atoms with Crippen LogP contribution in [0.1, 0.15) is 56.3 Å². The van der Waals surface area contributed by atoms with Crippen molar-refractivity contribution in [3.63, 3.8) is 0 Å². The van der Waals surface area contributed by atoms with Crippen LogP contribution in [0.4, 0.5) is 5.69 Å². The number of aromatic carboxylic acids is 1. The maximum absolute atomic E-state index is 12.1. The Labute approximate surface area is 130 Å². The summed E-state index contributed by atoms with van der Waals surface area (Å²) in [7, 11) is 0. The molecule has 1 aliphatic carbocycles. The molecule has 0 saturated heterocycles. The molecule has 0 aliphatic heterocycles. The van der Waals surface area contributed by atoms with E-state index in [9.17, 15) is 9.59 Å². The fourth-order valence-electron chi connectivity index (χ4n) is 2.45. The van der Waals surface area contributed by atoms with E-state index in [1.807, 2.05) is 13.8 Å². The lowest BCUT2D eigenvalue weighted by molar-refractivity contribution is -0.116. The Kier molecular flexibility index (Phi) is 5.41. The van der Waals surface area contributed by atoms with Crippen LogP contribution >= 0.6 is 0 Å². The molecule has 0 atom stereocenters. The van der Waals surface area contributed by atoms with Crippen molar-refractivity contribution in [2.45, 2.75) is 52.1 Å². The molecule has 1 aliphatic rings. The van der Waals surface area contributed by atoms with Gasteiger partial charge >= 0.3 is 5.97 Å². The smallest absolute Gasteiger partial charge is 0.335 e. The van der Waals surface area contributed by atoms with Crippen molar-refractivity contribution in [1.29, 1.82) is 0 Å². The van der Waals surface area contributed by atoms with Gasteiger partial charge in [-0.3, -0.25) is 4.79 Å². The highest BCUT2D eigenvalue weighted by Gasteiger charge is 2.19. The Hall–Kier alpha value is -2.04. The van der Waals surface area contributed by atoms with E-state index in [2.05, 4.69) is 5.32 Å². The molecule has 0 unspecified atom stereocenters. The molecule has 2 N–H and O–H groups in total. The number of carbonyl (C=O) groups excluding carboxylic acids is 1. The van der Waals surface area contributed by atoms with E-state index in [1.54, 1.807) is 6.07 Å². The van der Waals surface area contributed by atoms with Gasteiger partial charge in [-0.15, -0.1) is 0 Å². The number of ether oxygens (including phenoxy) is 1. The zero-order chi connectivity index (χ0) is 16.1. The first-order valence-corrected chi connectivity index (χ1v) is 7.79. The molecule has 1 aromatic rings. The van der Waals surface area contributed by atoms with E-state index in [-0.39, 0.29) is 17.6 Å². The minimum absolute atomic E-state index is 0.0543. The van der Waals surface area contributed by atoms with E-state index in [0.717, 1.165) is 6.42 Å². The first-order valence-electron chi connectivity index (χ1n) is 7.79. The van der Waals surface area contributed by atoms with Gasteiger partial charge in [0.15, 0.2) is 0 Å². The summed E-state index contributed by atoms with van der Waals surface area (Å²) in [4.78, 5) is 23.1. The highest BCUT2D eigenvalue weighted by atomic mass is 16.5. The Morgan fingerprint density at radius 1 is 1.36 bits per heavy atom. The molecule has 5 nitrogen and oxygen atoms in total. The topological polar surface area (TPSA) is 75.6 Å². The van der Waals surface area contributed by atoms with Gasteiger partial charge in [0.2, 0.25) is 5.91 Å². The molecule has 2 rings (SSSR count). The van der Waals surface area contributed by atoms with Gasteiger partial charge in [0.1, 0.15) is 5.75 Å². The lowest BCUT2D eigenvalue weighted by Crippen LogP contribution is -2.18. The molecule has 0 heterocycles. The lowest BCUT2D eigenvalue weighted by atomic mass is 9.82. The van der Waals surface area contributed by atoms with E-state index >= 15 is 0 Å². The standard InChI is InChI=1S/C17H23NO4/c1-11(2)22-15-8-7-13(17(20)21)10-14(15)18-16(19)9-6-12-4-3-5-12/h7-8,10-12H,3-6,9H2,1-2H3,(H,18,19)(H,20,21). The third-order valence-corrected chi connectivity index (χ3v) is 3.87. The van der Waals surface area contributed by atoms with Crippen LogP contribution in [0.2, 0.25) is 0 Å². The van der Waals surface area contributed by atoms with Crippen LogP contribution in [0.15, 0.2) is 18.2 Å². The Morgan fingerprint density at radius 2 is 2.09 bits per heavy atom. The van der Waals surface area contributed by atoms with E-state index < -0.39 is 5.97 Å². The summed E-state index contributed by atoms with van der Waals surface area (Å²) in [6.07, 6.45) is 4.99. The number of carboxylic acids is 1. The second kappa shape index (κ2) is 7.29. The van der Waals surface area contributed by atoms with Gasteiger partial charge < -0.3 is 15.2 Å².